The zero-order valence-electron chi connectivity index (χ0n) is 12.5. The van der Waals surface area contributed by atoms with Crippen molar-refractivity contribution in [3.8, 4) is 0 Å². The van der Waals surface area contributed by atoms with Crippen molar-refractivity contribution in [1.82, 2.24) is 10.3 Å². The molecule has 2 rings (SSSR count). The van der Waals surface area contributed by atoms with E-state index in [4.69, 9.17) is 0 Å². The number of carbonyl (C=O) groups is 1. The molecular formula is C16H20N2O2S. The van der Waals surface area contributed by atoms with E-state index in [9.17, 15) is 9.90 Å². The molecule has 1 aromatic carbocycles. The summed E-state index contributed by atoms with van der Waals surface area (Å²) in [6, 6.07) is 9.03. The van der Waals surface area contributed by atoms with Crippen molar-refractivity contribution in [2.45, 2.75) is 32.2 Å². The summed E-state index contributed by atoms with van der Waals surface area (Å²) in [4.78, 5) is 17.1. The Morgan fingerprint density at radius 1 is 1.33 bits per heavy atom. The molecule has 0 saturated heterocycles. The summed E-state index contributed by atoms with van der Waals surface area (Å²) < 4.78 is 0. The highest BCUT2D eigenvalue weighted by Gasteiger charge is 2.21. The number of aliphatic hydroxyl groups is 1. The maximum absolute atomic E-state index is 12.3. The van der Waals surface area contributed by atoms with Crippen molar-refractivity contribution in [1.29, 1.82) is 0 Å². The van der Waals surface area contributed by atoms with Crippen LogP contribution in [-0.4, -0.2) is 22.6 Å². The second-order valence-corrected chi connectivity index (χ2v) is 6.93. The second-order valence-electron chi connectivity index (χ2n) is 5.90. The molecule has 2 N–H and O–H groups in total. The standard InChI is InChI=1S/C16H20N2O2S/c1-16(2,3)15-17-9-13(21-15)14(20)18-12(10-19)11-7-5-4-6-8-11/h4-9,12,19H,10H2,1-3H3,(H,18,20). The Labute approximate surface area is 128 Å². The van der Waals surface area contributed by atoms with E-state index in [1.54, 1.807) is 6.20 Å². The molecule has 1 unspecified atom stereocenters. The predicted molar refractivity (Wildman–Crippen MR) is 84.5 cm³/mol. The van der Waals surface area contributed by atoms with Gasteiger partial charge in [0.25, 0.3) is 5.91 Å². The van der Waals surface area contributed by atoms with Crippen molar-refractivity contribution in [2.75, 3.05) is 6.61 Å². The molecular weight excluding hydrogens is 284 g/mol. The summed E-state index contributed by atoms with van der Waals surface area (Å²) in [6.45, 7) is 6.05. The zero-order valence-corrected chi connectivity index (χ0v) is 13.3. The molecule has 0 aliphatic heterocycles. The Hall–Kier alpha value is -1.72. The SMILES string of the molecule is CC(C)(C)c1ncc(C(=O)NC(CO)c2ccccc2)s1. The van der Waals surface area contributed by atoms with Crippen molar-refractivity contribution in [3.05, 3.63) is 52.0 Å². The number of hydrogen-bond acceptors (Lipinski definition) is 4. The number of hydrogen-bond donors (Lipinski definition) is 2. The van der Waals surface area contributed by atoms with E-state index in [0.29, 0.717) is 4.88 Å². The smallest absolute Gasteiger partial charge is 0.263 e. The normalized spacial score (nSPS) is 13.0. The van der Waals surface area contributed by atoms with Gasteiger partial charge in [0.05, 0.1) is 23.9 Å². The van der Waals surface area contributed by atoms with E-state index in [1.807, 2.05) is 30.3 Å². The third-order valence-corrected chi connectivity index (χ3v) is 4.48. The van der Waals surface area contributed by atoms with Crippen LogP contribution < -0.4 is 5.32 Å². The van der Waals surface area contributed by atoms with Gasteiger partial charge in [-0.1, -0.05) is 51.1 Å². The average molecular weight is 304 g/mol. The van der Waals surface area contributed by atoms with E-state index >= 15 is 0 Å². The number of nitrogens with one attached hydrogen (secondary N) is 1. The summed E-state index contributed by atoms with van der Waals surface area (Å²) in [5.74, 6) is -0.203. The van der Waals surface area contributed by atoms with Crippen LogP contribution in [0.1, 0.15) is 47.1 Å². The lowest BCUT2D eigenvalue weighted by Crippen LogP contribution is -2.30. The van der Waals surface area contributed by atoms with Crippen LogP contribution in [0.5, 0.6) is 0 Å². The highest BCUT2D eigenvalue weighted by atomic mass is 32.1. The summed E-state index contributed by atoms with van der Waals surface area (Å²) in [5, 5.41) is 13.3. The van der Waals surface area contributed by atoms with Crippen LogP contribution >= 0.6 is 11.3 Å². The Kier molecular flexibility index (Phi) is 4.75. The van der Waals surface area contributed by atoms with Gasteiger partial charge in [-0.3, -0.25) is 4.79 Å². The van der Waals surface area contributed by atoms with Crippen molar-refractivity contribution in [2.24, 2.45) is 0 Å². The van der Waals surface area contributed by atoms with E-state index < -0.39 is 6.04 Å². The van der Waals surface area contributed by atoms with E-state index in [2.05, 4.69) is 31.1 Å². The zero-order chi connectivity index (χ0) is 15.5. The van der Waals surface area contributed by atoms with Gasteiger partial charge in [0.1, 0.15) is 4.88 Å². The minimum Gasteiger partial charge on any atom is -0.394 e. The second kappa shape index (κ2) is 6.37. The minimum absolute atomic E-state index is 0.0704. The lowest BCUT2D eigenvalue weighted by atomic mass is 9.98. The maximum atomic E-state index is 12.3. The van der Waals surface area contributed by atoms with Crippen LogP contribution in [0.3, 0.4) is 0 Å². The Morgan fingerprint density at radius 2 is 2.00 bits per heavy atom. The molecule has 0 aliphatic carbocycles. The molecule has 5 heteroatoms. The molecule has 2 aromatic rings. The van der Waals surface area contributed by atoms with Crippen LogP contribution in [0, 0.1) is 0 Å². The number of amides is 1. The third-order valence-electron chi connectivity index (χ3n) is 3.06. The molecule has 4 nitrogen and oxygen atoms in total. The van der Waals surface area contributed by atoms with Gasteiger partial charge >= 0.3 is 0 Å². The van der Waals surface area contributed by atoms with E-state index in [0.717, 1.165) is 10.6 Å². The average Bonchev–Trinajstić information content (AvgIpc) is 2.95. The molecule has 0 aliphatic rings. The number of thiazole rings is 1. The summed E-state index contributed by atoms with van der Waals surface area (Å²) in [7, 11) is 0. The molecule has 0 spiro atoms. The molecule has 1 aromatic heterocycles. The minimum atomic E-state index is -0.404. The highest BCUT2D eigenvalue weighted by Crippen LogP contribution is 2.27. The molecule has 1 amide bonds. The number of carbonyl (C=O) groups excluding carboxylic acids is 1. The quantitative estimate of drug-likeness (QED) is 0.913. The van der Waals surface area contributed by atoms with Gasteiger partial charge in [-0.2, -0.15) is 0 Å². The van der Waals surface area contributed by atoms with Crippen molar-refractivity contribution in [3.63, 3.8) is 0 Å². The third kappa shape index (κ3) is 3.89. The molecule has 1 heterocycles. The topological polar surface area (TPSA) is 62.2 Å². The Balaban J connectivity index is 2.12. The van der Waals surface area contributed by atoms with Gasteiger partial charge in [-0.25, -0.2) is 4.98 Å². The fourth-order valence-corrected chi connectivity index (χ4v) is 2.75. The monoisotopic (exact) mass is 304 g/mol. The van der Waals surface area contributed by atoms with Crippen molar-refractivity contribution >= 4 is 17.2 Å². The van der Waals surface area contributed by atoms with Crippen LogP contribution in [0.4, 0.5) is 0 Å². The number of nitrogens with zero attached hydrogens (tertiary/aromatic N) is 1. The number of aromatic nitrogens is 1. The Bertz CT molecular complexity index is 602. The van der Waals surface area contributed by atoms with E-state index in [-0.39, 0.29) is 17.9 Å². The number of benzene rings is 1. The fraction of sp³-hybridized carbons (Fsp3) is 0.375. The van der Waals surface area contributed by atoms with Gasteiger partial charge < -0.3 is 10.4 Å². The predicted octanol–water partition coefficient (Wildman–Crippen LogP) is 2.90. The highest BCUT2D eigenvalue weighted by molar-refractivity contribution is 7.13. The van der Waals surface area contributed by atoms with Crippen LogP contribution in [-0.2, 0) is 5.41 Å². The molecule has 21 heavy (non-hydrogen) atoms. The molecule has 1 atom stereocenters. The molecule has 0 radical (unpaired) electrons. The van der Waals surface area contributed by atoms with Gasteiger partial charge in [0, 0.05) is 5.41 Å². The summed E-state index contributed by atoms with van der Waals surface area (Å²) in [5.41, 5.74) is 0.813. The van der Waals surface area contributed by atoms with Crippen LogP contribution in [0.25, 0.3) is 0 Å². The van der Waals surface area contributed by atoms with Gasteiger partial charge in [0.15, 0.2) is 0 Å². The molecule has 112 valence electrons. The van der Waals surface area contributed by atoms with Gasteiger partial charge in [-0.05, 0) is 5.56 Å². The molecule has 0 fully saturated rings. The van der Waals surface area contributed by atoms with E-state index in [1.165, 1.54) is 11.3 Å². The van der Waals surface area contributed by atoms with Crippen molar-refractivity contribution < 1.29 is 9.90 Å². The maximum Gasteiger partial charge on any atom is 0.263 e. The molecule has 0 bridgehead atoms. The summed E-state index contributed by atoms with van der Waals surface area (Å²) >= 11 is 1.39. The first-order valence-corrected chi connectivity index (χ1v) is 7.66. The van der Waals surface area contributed by atoms with Crippen LogP contribution in [0.15, 0.2) is 36.5 Å². The fourth-order valence-electron chi connectivity index (χ4n) is 1.87. The Morgan fingerprint density at radius 3 is 2.52 bits per heavy atom. The lowest BCUT2D eigenvalue weighted by Gasteiger charge is -2.16. The summed E-state index contributed by atoms with van der Waals surface area (Å²) in [6.07, 6.45) is 1.60. The lowest BCUT2D eigenvalue weighted by molar-refractivity contribution is 0.0920. The first-order valence-electron chi connectivity index (χ1n) is 6.85. The first kappa shape index (κ1) is 15.7. The number of rotatable bonds is 4. The van der Waals surface area contributed by atoms with Gasteiger partial charge in [0.2, 0.25) is 0 Å². The van der Waals surface area contributed by atoms with Gasteiger partial charge in [-0.15, -0.1) is 11.3 Å². The van der Waals surface area contributed by atoms with Crippen LogP contribution in [0.2, 0.25) is 0 Å². The first-order chi connectivity index (χ1) is 9.91. The molecule has 0 saturated carbocycles. The number of aliphatic hydroxyl groups excluding tert-OH is 1. The largest absolute Gasteiger partial charge is 0.394 e.